The second-order valence-electron chi connectivity index (χ2n) is 6.83. The van der Waals surface area contributed by atoms with Crippen LogP contribution in [0, 0.1) is 0 Å². The van der Waals surface area contributed by atoms with Gasteiger partial charge in [-0.1, -0.05) is 36.7 Å². The van der Waals surface area contributed by atoms with Crippen molar-refractivity contribution >= 4 is 36.0 Å². The number of hydrogen-bond donors (Lipinski definition) is 0. The van der Waals surface area contributed by atoms with Crippen LogP contribution in [0.3, 0.4) is 0 Å². The maximum Gasteiger partial charge on any atom is 0.192 e. The van der Waals surface area contributed by atoms with Crippen molar-refractivity contribution in [3.8, 4) is 5.75 Å². The number of thioether (sulfide) groups is 1. The number of ether oxygens (including phenoxy) is 1. The molecule has 0 aliphatic rings. The molecular formula is C16H27BrO2SSi. The van der Waals surface area contributed by atoms with E-state index in [9.17, 15) is 0 Å². The molecule has 0 unspecified atom stereocenters. The average molecular weight is 391 g/mol. The van der Waals surface area contributed by atoms with Gasteiger partial charge in [-0.05, 0) is 49.5 Å². The van der Waals surface area contributed by atoms with Crippen LogP contribution in [0.15, 0.2) is 27.6 Å². The van der Waals surface area contributed by atoms with Crippen LogP contribution in [0.2, 0.25) is 18.1 Å². The van der Waals surface area contributed by atoms with Gasteiger partial charge in [0, 0.05) is 9.37 Å². The third-order valence-corrected chi connectivity index (χ3v) is 9.64. The summed E-state index contributed by atoms with van der Waals surface area (Å²) in [5, 5.41) is 0.225. The maximum absolute atomic E-state index is 6.31. The molecule has 2 nitrogen and oxygen atoms in total. The Morgan fingerprint density at radius 2 is 1.86 bits per heavy atom. The molecule has 0 aromatic heterocycles. The molecule has 21 heavy (non-hydrogen) atoms. The standard InChI is InChI=1S/C16H27BrO2SSi/c1-12(19-21(6,7)16(2,3)4)11-18-14-8-13(17)9-15(10-14)20-5/h8-10,12H,11H2,1-7H3/t12-/m1/s1. The van der Waals surface area contributed by atoms with Crippen molar-refractivity contribution in [1.82, 2.24) is 0 Å². The Balaban J connectivity index is 2.61. The van der Waals surface area contributed by atoms with Gasteiger partial charge < -0.3 is 9.16 Å². The first kappa shape index (κ1) is 19.1. The zero-order chi connectivity index (χ0) is 16.3. The van der Waals surface area contributed by atoms with Gasteiger partial charge in [-0.3, -0.25) is 0 Å². The number of rotatable bonds is 6. The van der Waals surface area contributed by atoms with Crippen molar-refractivity contribution in [3.63, 3.8) is 0 Å². The highest BCUT2D eigenvalue weighted by Gasteiger charge is 2.38. The zero-order valence-electron chi connectivity index (χ0n) is 14.1. The third-order valence-electron chi connectivity index (χ3n) is 3.87. The van der Waals surface area contributed by atoms with Crippen LogP contribution in [0.25, 0.3) is 0 Å². The fourth-order valence-corrected chi connectivity index (χ4v) is 4.20. The predicted molar refractivity (Wildman–Crippen MR) is 99.2 cm³/mol. The summed E-state index contributed by atoms with van der Waals surface area (Å²) in [6.07, 6.45) is 2.16. The van der Waals surface area contributed by atoms with Crippen molar-refractivity contribution in [2.24, 2.45) is 0 Å². The van der Waals surface area contributed by atoms with Gasteiger partial charge in [0.25, 0.3) is 0 Å². The monoisotopic (exact) mass is 390 g/mol. The van der Waals surface area contributed by atoms with Crippen molar-refractivity contribution in [2.75, 3.05) is 12.9 Å². The SMILES string of the molecule is CSc1cc(Br)cc(OC[C@@H](C)O[Si](C)(C)C(C)(C)C)c1. The highest BCUT2D eigenvalue weighted by molar-refractivity contribution is 9.10. The van der Waals surface area contributed by atoms with E-state index in [4.69, 9.17) is 9.16 Å². The number of benzene rings is 1. The van der Waals surface area contributed by atoms with Crippen molar-refractivity contribution in [3.05, 3.63) is 22.7 Å². The van der Waals surface area contributed by atoms with E-state index in [-0.39, 0.29) is 11.1 Å². The first-order valence-electron chi connectivity index (χ1n) is 7.20. The molecular weight excluding hydrogens is 364 g/mol. The van der Waals surface area contributed by atoms with Crippen molar-refractivity contribution in [1.29, 1.82) is 0 Å². The summed E-state index contributed by atoms with van der Waals surface area (Å²) in [5.74, 6) is 0.888. The van der Waals surface area contributed by atoms with E-state index >= 15 is 0 Å². The lowest BCUT2D eigenvalue weighted by Gasteiger charge is -2.38. The molecule has 0 aliphatic carbocycles. The topological polar surface area (TPSA) is 18.5 Å². The molecule has 0 radical (unpaired) electrons. The van der Waals surface area contributed by atoms with E-state index < -0.39 is 8.32 Å². The first-order chi connectivity index (χ1) is 9.55. The zero-order valence-corrected chi connectivity index (χ0v) is 17.5. The van der Waals surface area contributed by atoms with Crippen LogP contribution in [-0.2, 0) is 4.43 Å². The Labute approximate surface area is 143 Å². The highest BCUT2D eigenvalue weighted by atomic mass is 79.9. The van der Waals surface area contributed by atoms with Crippen molar-refractivity contribution < 1.29 is 9.16 Å². The highest BCUT2D eigenvalue weighted by Crippen LogP contribution is 2.37. The molecule has 1 aromatic carbocycles. The molecule has 0 saturated heterocycles. The maximum atomic E-state index is 6.31. The fraction of sp³-hybridized carbons (Fsp3) is 0.625. The Hall–Kier alpha value is 0.0269. The molecule has 0 N–H and O–H groups in total. The molecule has 1 aromatic rings. The molecule has 0 saturated carbocycles. The van der Waals surface area contributed by atoms with E-state index in [0.29, 0.717) is 6.61 Å². The average Bonchev–Trinajstić information content (AvgIpc) is 2.33. The van der Waals surface area contributed by atoms with Gasteiger partial charge in [-0.25, -0.2) is 0 Å². The molecule has 1 rings (SSSR count). The third kappa shape index (κ3) is 5.97. The lowest BCUT2D eigenvalue weighted by molar-refractivity contribution is 0.129. The summed E-state index contributed by atoms with van der Waals surface area (Å²) < 4.78 is 13.3. The number of hydrogen-bond acceptors (Lipinski definition) is 3. The lowest BCUT2D eigenvalue weighted by Crippen LogP contribution is -2.44. The van der Waals surface area contributed by atoms with Crippen LogP contribution in [-0.4, -0.2) is 27.3 Å². The van der Waals surface area contributed by atoms with Gasteiger partial charge in [-0.15, -0.1) is 11.8 Å². The van der Waals surface area contributed by atoms with Gasteiger partial charge in [0.2, 0.25) is 0 Å². The Bertz CT molecular complexity index is 472. The second-order valence-corrected chi connectivity index (χ2v) is 13.4. The predicted octanol–water partition coefficient (Wildman–Crippen LogP) is 5.96. The fourth-order valence-electron chi connectivity index (χ4n) is 1.67. The Kier molecular flexibility index (Phi) is 6.84. The first-order valence-corrected chi connectivity index (χ1v) is 12.1. The minimum atomic E-state index is -1.73. The van der Waals surface area contributed by atoms with Gasteiger partial charge >= 0.3 is 0 Å². The largest absolute Gasteiger partial charge is 0.491 e. The van der Waals surface area contributed by atoms with Gasteiger partial charge in [0.1, 0.15) is 12.4 Å². The van der Waals surface area contributed by atoms with Crippen LogP contribution in [0.5, 0.6) is 5.75 Å². The molecule has 0 spiro atoms. The lowest BCUT2D eigenvalue weighted by atomic mass is 10.2. The van der Waals surface area contributed by atoms with Crippen molar-refractivity contribution in [2.45, 2.75) is 56.8 Å². The smallest absolute Gasteiger partial charge is 0.192 e. The molecule has 0 amide bonds. The molecule has 120 valence electrons. The van der Waals surface area contributed by atoms with Crippen LogP contribution in [0.1, 0.15) is 27.7 Å². The van der Waals surface area contributed by atoms with E-state index in [2.05, 4.69) is 75.1 Å². The van der Waals surface area contributed by atoms with Crippen LogP contribution < -0.4 is 4.74 Å². The normalized spacial score (nSPS) is 14.1. The molecule has 0 fully saturated rings. The Morgan fingerprint density at radius 3 is 2.38 bits per heavy atom. The summed E-state index contributed by atoms with van der Waals surface area (Å²) in [5.41, 5.74) is 0. The van der Waals surface area contributed by atoms with E-state index in [1.165, 1.54) is 4.90 Å². The Morgan fingerprint density at radius 1 is 1.24 bits per heavy atom. The summed E-state index contributed by atoms with van der Waals surface area (Å²) in [6.45, 7) is 14.0. The summed E-state index contributed by atoms with van der Waals surface area (Å²) >= 11 is 5.23. The van der Waals surface area contributed by atoms with E-state index in [1.54, 1.807) is 11.8 Å². The quantitative estimate of drug-likeness (QED) is 0.440. The summed E-state index contributed by atoms with van der Waals surface area (Å²) in [7, 11) is -1.73. The van der Waals surface area contributed by atoms with E-state index in [0.717, 1.165) is 10.2 Å². The minimum Gasteiger partial charge on any atom is -0.491 e. The molecule has 0 bridgehead atoms. The van der Waals surface area contributed by atoms with E-state index in [1.807, 2.05) is 6.07 Å². The summed E-state index contributed by atoms with van der Waals surface area (Å²) in [6, 6.07) is 6.15. The molecule has 5 heteroatoms. The molecule has 0 heterocycles. The molecule has 0 aliphatic heterocycles. The van der Waals surface area contributed by atoms with Crippen LogP contribution in [0.4, 0.5) is 0 Å². The minimum absolute atomic E-state index is 0.0996. The van der Waals surface area contributed by atoms with Gasteiger partial charge in [0.15, 0.2) is 8.32 Å². The second kappa shape index (κ2) is 7.53. The summed E-state index contributed by atoms with van der Waals surface area (Å²) in [4.78, 5) is 1.19. The van der Waals surface area contributed by atoms with Gasteiger partial charge in [0.05, 0.1) is 6.10 Å². The molecule has 1 atom stereocenters. The number of halogens is 1. The van der Waals surface area contributed by atoms with Gasteiger partial charge in [-0.2, -0.15) is 0 Å². The van der Waals surface area contributed by atoms with Crippen LogP contribution >= 0.6 is 27.7 Å².